The maximum Gasteiger partial charge on any atom is 0.251 e. The summed E-state index contributed by atoms with van der Waals surface area (Å²) in [5, 5.41) is 4.77. The minimum Gasteiger partial charge on any atom is -0.497 e. The fourth-order valence-corrected chi connectivity index (χ4v) is 3.03. The molecule has 0 spiro atoms. The first-order chi connectivity index (χ1) is 14.0. The molecule has 0 aromatic heterocycles. The van der Waals surface area contributed by atoms with Gasteiger partial charge < -0.3 is 15.0 Å². The number of benzene rings is 3. The topological polar surface area (TPSA) is 58.6 Å². The van der Waals surface area contributed by atoms with Crippen molar-refractivity contribution in [3.05, 3.63) is 83.4 Å². The number of likely N-dealkylation sites (N-methyl/N-ethyl adjacent to an activating group) is 1. The van der Waals surface area contributed by atoms with Gasteiger partial charge in [0, 0.05) is 32.3 Å². The molecule has 0 unspecified atom stereocenters. The van der Waals surface area contributed by atoms with E-state index in [9.17, 15) is 9.59 Å². The molecule has 1 N–H and O–H groups in total. The fourth-order valence-electron chi connectivity index (χ4n) is 3.03. The minimum absolute atomic E-state index is 0.0878. The number of nitrogens with zero attached hydrogens (tertiary/aromatic N) is 1. The number of methoxy groups -OCH3 is 1. The predicted octanol–water partition coefficient (Wildman–Crippen LogP) is 3.88. The van der Waals surface area contributed by atoms with Gasteiger partial charge in [-0.2, -0.15) is 0 Å². The lowest BCUT2D eigenvalue weighted by Crippen LogP contribution is -2.24. The van der Waals surface area contributed by atoms with Crippen molar-refractivity contribution in [1.82, 2.24) is 10.2 Å². The standard InChI is InChI=1S/C24H24N2O3/c1-25-24(28)19-8-5-18(6-9-19)16-26(2)23(27)13-7-17-4-10-21-15-22(29-3)12-11-20(21)14-17/h4-15H,16H2,1-3H3,(H,25,28)/b13-7+. The Kier molecular flexibility index (Phi) is 6.29. The van der Waals surface area contributed by atoms with Crippen LogP contribution in [-0.4, -0.2) is 37.9 Å². The van der Waals surface area contributed by atoms with Crippen molar-refractivity contribution in [3.63, 3.8) is 0 Å². The first-order valence-corrected chi connectivity index (χ1v) is 9.32. The monoisotopic (exact) mass is 388 g/mol. The average molecular weight is 388 g/mol. The van der Waals surface area contributed by atoms with Crippen molar-refractivity contribution in [1.29, 1.82) is 0 Å². The van der Waals surface area contributed by atoms with Crippen LogP contribution in [0.4, 0.5) is 0 Å². The van der Waals surface area contributed by atoms with Gasteiger partial charge in [-0.25, -0.2) is 0 Å². The molecule has 29 heavy (non-hydrogen) atoms. The molecule has 0 bridgehead atoms. The molecule has 3 aromatic rings. The molecule has 0 heterocycles. The molecule has 0 aliphatic carbocycles. The molecule has 0 saturated heterocycles. The van der Waals surface area contributed by atoms with Crippen molar-refractivity contribution >= 4 is 28.7 Å². The van der Waals surface area contributed by atoms with Gasteiger partial charge in [0.1, 0.15) is 5.75 Å². The second-order valence-corrected chi connectivity index (χ2v) is 6.78. The molecule has 3 aromatic carbocycles. The SMILES string of the molecule is CNC(=O)c1ccc(CN(C)C(=O)/C=C/c2ccc3cc(OC)ccc3c2)cc1. The number of hydrogen-bond acceptors (Lipinski definition) is 3. The van der Waals surface area contributed by atoms with E-state index in [2.05, 4.69) is 5.32 Å². The van der Waals surface area contributed by atoms with Gasteiger partial charge in [-0.15, -0.1) is 0 Å². The zero-order valence-electron chi connectivity index (χ0n) is 16.8. The Balaban J connectivity index is 1.65. The summed E-state index contributed by atoms with van der Waals surface area (Å²) in [7, 11) is 5.00. The number of carbonyl (C=O) groups excluding carboxylic acids is 2. The Labute approximate surface area is 170 Å². The zero-order valence-corrected chi connectivity index (χ0v) is 16.8. The summed E-state index contributed by atoms with van der Waals surface area (Å²) >= 11 is 0. The quantitative estimate of drug-likeness (QED) is 0.652. The van der Waals surface area contributed by atoms with E-state index < -0.39 is 0 Å². The van der Waals surface area contributed by atoms with Crippen LogP contribution >= 0.6 is 0 Å². The van der Waals surface area contributed by atoms with Gasteiger partial charge in [0.15, 0.2) is 0 Å². The van der Waals surface area contributed by atoms with E-state index in [1.165, 1.54) is 0 Å². The number of ether oxygens (including phenoxy) is 1. The van der Waals surface area contributed by atoms with Gasteiger partial charge in [0.2, 0.25) is 5.91 Å². The third-order valence-corrected chi connectivity index (χ3v) is 4.73. The third-order valence-electron chi connectivity index (χ3n) is 4.73. The van der Waals surface area contributed by atoms with Gasteiger partial charge in [-0.05, 0) is 58.3 Å². The Hall–Kier alpha value is -3.60. The predicted molar refractivity (Wildman–Crippen MR) is 116 cm³/mol. The van der Waals surface area contributed by atoms with Gasteiger partial charge in [-0.3, -0.25) is 9.59 Å². The lowest BCUT2D eigenvalue weighted by Gasteiger charge is -2.15. The van der Waals surface area contributed by atoms with Gasteiger partial charge in [0.05, 0.1) is 7.11 Å². The second kappa shape index (κ2) is 9.06. The fraction of sp³-hybridized carbons (Fsp3) is 0.167. The smallest absolute Gasteiger partial charge is 0.251 e. The van der Waals surface area contributed by atoms with E-state index in [4.69, 9.17) is 4.74 Å². The molecule has 5 nitrogen and oxygen atoms in total. The van der Waals surface area contributed by atoms with Crippen LogP contribution in [0.1, 0.15) is 21.5 Å². The van der Waals surface area contributed by atoms with E-state index in [0.29, 0.717) is 12.1 Å². The van der Waals surface area contributed by atoms with Crippen molar-refractivity contribution in [2.24, 2.45) is 0 Å². The molecule has 3 rings (SSSR count). The number of amides is 2. The largest absolute Gasteiger partial charge is 0.497 e. The summed E-state index contributed by atoms with van der Waals surface area (Å²) in [5.41, 5.74) is 2.51. The van der Waals surface area contributed by atoms with Crippen LogP contribution < -0.4 is 10.1 Å². The summed E-state index contributed by atoms with van der Waals surface area (Å²) in [6.07, 6.45) is 3.39. The van der Waals surface area contributed by atoms with Crippen LogP contribution in [0.25, 0.3) is 16.8 Å². The number of rotatable bonds is 6. The number of hydrogen-bond donors (Lipinski definition) is 1. The van der Waals surface area contributed by atoms with E-state index >= 15 is 0 Å². The molecule has 0 aliphatic rings. The highest BCUT2D eigenvalue weighted by Crippen LogP contribution is 2.22. The average Bonchev–Trinajstić information content (AvgIpc) is 2.76. The third kappa shape index (κ3) is 5.02. The minimum atomic E-state index is -0.127. The van der Waals surface area contributed by atoms with Crippen LogP contribution in [0.3, 0.4) is 0 Å². The Morgan fingerprint density at radius 2 is 1.69 bits per heavy atom. The lowest BCUT2D eigenvalue weighted by atomic mass is 10.1. The number of carbonyl (C=O) groups is 2. The van der Waals surface area contributed by atoms with E-state index in [1.54, 1.807) is 44.3 Å². The molecule has 0 atom stereocenters. The Morgan fingerprint density at radius 1 is 1.00 bits per heavy atom. The second-order valence-electron chi connectivity index (χ2n) is 6.78. The van der Waals surface area contributed by atoms with Crippen molar-refractivity contribution in [2.75, 3.05) is 21.2 Å². The highest BCUT2D eigenvalue weighted by Gasteiger charge is 2.08. The molecule has 0 radical (unpaired) electrons. The Morgan fingerprint density at radius 3 is 2.38 bits per heavy atom. The van der Waals surface area contributed by atoms with E-state index in [-0.39, 0.29) is 11.8 Å². The van der Waals surface area contributed by atoms with Crippen molar-refractivity contribution < 1.29 is 14.3 Å². The van der Waals surface area contributed by atoms with Crippen LogP contribution in [0.2, 0.25) is 0 Å². The van der Waals surface area contributed by atoms with Crippen LogP contribution in [0.5, 0.6) is 5.75 Å². The van der Waals surface area contributed by atoms with Crippen LogP contribution in [0.15, 0.2) is 66.7 Å². The Bertz CT molecular complexity index is 1060. The first kappa shape index (κ1) is 20.1. The summed E-state index contributed by atoms with van der Waals surface area (Å²) in [6, 6.07) is 19.2. The van der Waals surface area contributed by atoms with Crippen LogP contribution in [-0.2, 0) is 11.3 Å². The summed E-state index contributed by atoms with van der Waals surface area (Å²) in [6.45, 7) is 0.467. The number of nitrogens with one attached hydrogen (secondary N) is 1. The molecule has 2 amide bonds. The van der Waals surface area contributed by atoms with Gasteiger partial charge >= 0.3 is 0 Å². The van der Waals surface area contributed by atoms with Crippen molar-refractivity contribution in [3.8, 4) is 5.75 Å². The maximum atomic E-state index is 12.4. The summed E-state index contributed by atoms with van der Waals surface area (Å²) in [5.74, 6) is 0.605. The molecule has 5 heteroatoms. The maximum absolute atomic E-state index is 12.4. The lowest BCUT2D eigenvalue weighted by molar-refractivity contribution is -0.125. The summed E-state index contributed by atoms with van der Waals surface area (Å²) in [4.78, 5) is 25.7. The van der Waals surface area contributed by atoms with E-state index in [1.807, 2.05) is 54.6 Å². The highest BCUT2D eigenvalue weighted by molar-refractivity contribution is 5.94. The van der Waals surface area contributed by atoms with Crippen LogP contribution in [0, 0.1) is 0 Å². The normalized spacial score (nSPS) is 10.9. The molecule has 0 fully saturated rings. The summed E-state index contributed by atoms with van der Waals surface area (Å²) < 4.78 is 5.25. The molecular formula is C24H24N2O3. The van der Waals surface area contributed by atoms with Gasteiger partial charge in [-0.1, -0.05) is 30.3 Å². The zero-order chi connectivity index (χ0) is 20.8. The van der Waals surface area contributed by atoms with Gasteiger partial charge in [0.25, 0.3) is 5.91 Å². The molecule has 0 aliphatic heterocycles. The van der Waals surface area contributed by atoms with Crippen molar-refractivity contribution in [2.45, 2.75) is 6.54 Å². The number of fused-ring (bicyclic) bond motifs is 1. The van der Waals surface area contributed by atoms with E-state index in [0.717, 1.165) is 27.6 Å². The molecule has 148 valence electrons. The highest BCUT2D eigenvalue weighted by atomic mass is 16.5. The molecular weight excluding hydrogens is 364 g/mol. The first-order valence-electron chi connectivity index (χ1n) is 9.32. The molecule has 0 saturated carbocycles.